The van der Waals surface area contributed by atoms with Crippen LogP contribution in [0.2, 0.25) is 0 Å². The molecule has 1 N–H and O–H groups in total. The van der Waals surface area contributed by atoms with Gasteiger partial charge in [-0.3, -0.25) is 9.69 Å². The molecular weight excluding hydrogens is 420 g/mol. The molecule has 1 atom stereocenters. The Bertz CT molecular complexity index is 823. The predicted molar refractivity (Wildman–Crippen MR) is 113 cm³/mol. The molecule has 1 unspecified atom stereocenters. The summed E-state index contributed by atoms with van der Waals surface area (Å²) in [6.45, 7) is 4.59. The molecule has 0 radical (unpaired) electrons. The lowest BCUT2D eigenvalue weighted by Gasteiger charge is -2.32. The Morgan fingerprint density at radius 1 is 1.18 bits per heavy atom. The quantitative estimate of drug-likeness (QED) is 0.667. The average molecular weight is 445 g/mol. The van der Waals surface area contributed by atoms with E-state index in [9.17, 15) is 9.59 Å². The first-order valence-corrected chi connectivity index (χ1v) is 10.4. The van der Waals surface area contributed by atoms with Crippen molar-refractivity contribution in [3.05, 3.63) is 64.1 Å². The van der Waals surface area contributed by atoms with E-state index in [1.54, 1.807) is 31.2 Å². The van der Waals surface area contributed by atoms with Crippen LogP contribution in [-0.2, 0) is 16.1 Å². The number of anilines is 1. The number of para-hydroxylation sites is 1. The Morgan fingerprint density at radius 3 is 2.68 bits per heavy atom. The molecule has 3 rings (SSSR count). The number of rotatable bonds is 6. The van der Waals surface area contributed by atoms with Crippen molar-refractivity contribution < 1.29 is 14.3 Å². The highest BCUT2D eigenvalue weighted by molar-refractivity contribution is 9.10. The van der Waals surface area contributed by atoms with E-state index in [2.05, 4.69) is 38.3 Å². The van der Waals surface area contributed by atoms with Gasteiger partial charge in [0.1, 0.15) is 0 Å². The first-order valence-electron chi connectivity index (χ1n) is 9.60. The van der Waals surface area contributed by atoms with E-state index in [1.165, 1.54) is 5.56 Å². The molecule has 1 amide bonds. The number of hydrogen-bond acceptors (Lipinski definition) is 4. The number of benzene rings is 2. The summed E-state index contributed by atoms with van der Waals surface area (Å²) in [4.78, 5) is 27.3. The van der Waals surface area contributed by atoms with Crippen molar-refractivity contribution in [2.45, 2.75) is 26.3 Å². The van der Waals surface area contributed by atoms with Crippen molar-refractivity contribution in [3.63, 3.8) is 0 Å². The molecule has 6 heteroatoms. The van der Waals surface area contributed by atoms with E-state index in [4.69, 9.17) is 4.74 Å². The van der Waals surface area contributed by atoms with Crippen molar-refractivity contribution in [2.24, 2.45) is 5.92 Å². The normalized spacial score (nSPS) is 17.1. The number of likely N-dealkylation sites (tertiary alicyclic amines) is 1. The lowest BCUT2D eigenvalue weighted by molar-refractivity contribution is -0.121. The fourth-order valence-electron chi connectivity index (χ4n) is 3.47. The van der Waals surface area contributed by atoms with Gasteiger partial charge in [-0.05, 0) is 56.1 Å². The van der Waals surface area contributed by atoms with Crippen LogP contribution < -0.4 is 5.32 Å². The number of hydrogen-bond donors (Lipinski definition) is 1. The van der Waals surface area contributed by atoms with Gasteiger partial charge in [0, 0.05) is 17.6 Å². The van der Waals surface area contributed by atoms with Gasteiger partial charge in [-0.1, -0.05) is 40.2 Å². The monoisotopic (exact) mass is 444 g/mol. The minimum absolute atomic E-state index is 0.0442. The summed E-state index contributed by atoms with van der Waals surface area (Å²) < 4.78 is 6.15. The van der Waals surface area contributed by atoms with Crippen LogP contribution in [0.15, 0.2) is 53.0 Å². The smallest absolute Gasteiger partial charge is 0.340 e. The van der Waals surface area contributed by atoms with E-state index < -0.39 is 5.97 Å². The number of nitrogens with one attached hydrogen (secondary N) is 1. The molecule has 1 saturated heterocycles. The Kier molecular flexibility index (Phi) is 7.23. The largest absolute Gasteiger partial charge is 0.462 e. The first kappa shape index (κ1) is 20.6. The first-order chi connectivity index (χ1) is 13.6. The van der Waals surface area contributed by atoms with Crippen LogP contribution in [0, 0.1) is 5.92 Å². The van der Waals surface area contributed by atoms with E-state index in [0.29, 0.717) is 24.4 Å². The fourth-order valence-corrected chi connectivity index (χ4v) is 3.74. The highest BCUT2D eigenvalue weighted by atomic mass is 79.9. The third-order valence-corrected chi connectivity index (χ3v) is 5.40. The highest BCUT2D eigenvalue weighted by Gasteiger charge is 2.26. The van der Waals surface area contributed by atoms with E-state index in [0.717, 1.165) is 30.4 Å². The summed E-state index contributed by atoms with van der Waals surface area (Å²) in [5.74, 6) is -0.560. The Morgan fingerprint density at radius 2 is 1.93 bits per heavy atom. The molecule has 0 aliphatic carbocycles. The molecule has 0 spiro atoms. The van der Waals surface area contributed by atoms with Crippen LogP contribution >= 0.6 is 15.9 Å². The molecule has 2 aromatic carbocycles. The van der Waals surface area contributed by atoms with Crippen LogP contribution in [0.1, 0.15) is 35.7 Å². The molecule has 2 aromatic rings. The predicted octanol–water partition coefficient (Wildman–Crippen LogP) is 4.48. The fraction of sp³-hybridized carbons (Fsp3) is 0.364. The van der Waals surface area contributed by atoms with Gasteiger partial charge in [0.25, 0.3) is 0 Å². The van der Waals surface area contributed by atoms with Gasteiger partial charge in [-0.2, -0.15) is 0 Å². The number of carbonyl (C=O) groups excluding carboxylic acids is 2. The van der Waals surface area contributed by atoms with E-state index in [-0.39, 0.29) is 11.8 Å². The third kappa shape index (κ3) is 5.42. The molecule has 1 fully saturated rings. The molecular formula is C22H25BrN2O3. The Balaban J connectivity index is 1.63. The zero-order chi connectivity index (χ0) is 19.9. The maximum Gasteiger partial charge on any atom is 0.340 e. The molecule has 1 aliphatic rings. The molecule has 148 valence electrons. The second kappa shape index (κ2) is 9.85. The number of halogens is 1. The van der Waals surface area contributed by atoms with Crippen molar-refractivity contribution in [1.29, 1.82) is 0 Å². The lowest BCUT2D eigenvalue weighted by Crippen LogP contribution is -2.40. The minimum Gasteiger partial charge on any atom is -0.462 e. The molecule has 0 aromatic heterocycles. The number of carbonyl (C=O) groups is 2. The summed E-state index contributed by atoms with van der Waals surface area (Å²) in [7, 11) is 0. The molecule has 1 heterocycles. The van der Waals surface area contributed by atoms with Crippen molar-refractivity contribution in [2.75, 3.05) is 25.0 Å². The van der Waals surface area contributed by atoms with Crippen molar-refractivity contribution >= 4 is 33.5 Å². The lowest BCUT2D eigenvalue weighted by atomic mass is 9.96. The standard InChI is InChI=1S/C22H25BrN2O3/c1-2-28-22(27)19-7-3-4-8-20(19)24-21(26)17-6-5-13-25(15-17)14-16-9-11-18(23)12-10-16/h3-4,7-12,17H,2,5-6,13-15H2,1H3,(H,24,26). The summed E-state index contributed by atoms with van der Waals surface area (Å²) in [5, 5.41) is 2.94. The number of esters is 1. The average Bonchev–Trinajstić information content (AvgIpc) is 2.70. The van der Waals surface area contributed by atoms with Gasteiger partial charge in [0.15, 0.2) is 0 Å². The summed E-state index contributed by atoms with van der Waals surface area (Å²) in [6.07, 6.45) is 1.83. The highest BCUT2D eigenvalue weighted by Crippen LogP contribution is 2.23. The number of amides is 1. The van der Waals surface area contributed by atoms with Gasteiger partial charge in [-0.25, -0.2) is 4.79 Å². The topological polar surface area (TPSA) is 58.6 Å². The summed E-state index contributed by atoms with van der Waals surface area (Å²) >= 11 is 3.46. The van der Waals surface area contributed by atoms with Gasteiger partial charge < -0.3 is 10.1 Å². The van der Waals surface area contributed by atoms with Crippen LogP contribution in [0.25, 0.3) is 0 Å². The summed E-state index contributed by atoms with van der Waals surface area (Å²) in [6, 6.07) is 15.3. The second-order valence-corrected chi connectivity index (χ2v) is 7.87. The molecule has 0 bridgehead atoms. The van der Waals surface area contributed by atoms with Gasteiger partial charge in [0.05, 0.1) is 23.8 Å². The molecule has 1 aliphatic heterocycles. The number of nitrogens with zero attached hydrogens (tertiary/aromatic N) is 1. The maximum absolute atomic E-state index is 12.8. The van der Waals surface area contributed by atoms with Crippen LogP contribution in [0.3, 0.4) is 0 Å². The second-order valence-electron chi connectivity index (χ2n) is 6.96. The third-order valence-electron chi connectivity index (χ3n) is 4.88. The van der Waals surface area contributed by atoms with Gasteiger partial charge in [0.2, 0.25) is 5.91 Å². The zero-order valence-corrected chi connectivity index (χ0v) is 17.6. The SMILES string of the molecule is CCOC(=O)c1ccccc1NC(=O)C1CCCN(Cc2ccc(Br)cc2)C1. The van der Waals surface area contributed by atoms with Crippen LogP contribution in [0.4, 0.5) is 5.69 Å². The molecule has 28 heavy (non-hydrogen) atoms. The zero-order valence-electron chi connectivity index (χ0n) is 16.0. The molecule has 0 saturated carbocycles. The maximum atomic E-state index is 12.8. The number of piperidine rings is 1. The van der Waals surface area contributed by atoms with Gasteiger partial charge >= 0.3 is 5.97 Å². The Hall–Kier alpha value is -2.18. The van der Waals surface area contributed by atoms with Gasteiger partial charge in [-0.15, -0.1) is 0 Å². The van der Waals surface area contributed by atoms with Crippen LogP contribution in [0.5, 0.6) is 0 Å². The van der Waals surface area contributed by atoms with E-state index in [1.807, 2.05) is 12.1 Å². The van der Waals surface area contributed by atoms with Crippen LogP contribution in [-0.4, -0.2) is 36.5 Å². The van der Waals surface area contributed by atoms with Crippen molar-refractivity contribution in [1.82, 2.24) is 4.90 Å². The Labute approximate surface area is 174 Å². The number of ether oxygens (including phenoxy) is 1. The van der Waals surface area contributed by atoms with Crippen molar-refractivity contribution in [3.8, 4) is 0 Å². The molecule has 5 nitrogen and oxygen atoms in total. The summed E-state index contributed by atoms with van der Waals surface area (Å²) in [5.41, 5.74) is 2.13. The minimum atomic E-state index is -0.418. The van der Waals surface area contributed by atoms with E-state index >= 15 is 0 Å².